The SMILES string of the molecule is Cc1cc2c(c(-c3ccccn3)c1)OC(CNC(=O)c1ccccc1)C2. The van der Waals surface area contributed by atoms with Crippen LogP contribution in [0.2, 0.25) is 0 Å². The summed E-state index contributed by atoms with van der Waals surface area (Å²) in [5.74, 6) is 0.805. The third-order valence-electron chi connectivity index (χ3n) is 4.51. The summed E-state index contributed by atoms with van der Waals surface area (Å²) in [5, 5.41) is 2.97. The number of carbonyl (C=O) groups is 1. The number of hydrogen-bond donors (Lipinski definition) is 1. The summed E-state index contributed by atoms with van der Waals surface area (Å²) in [5.41, 5.74) is 4.93. The minimum absolute atomic E-state index is 0.0677. The van der Waals surface area contributed by atoms with Crippen molar-refractivity contribution >= 4 is 5.91 Å². The topological polar surface area (TPSA) is 51.2 Å². The van der Waals surface area contributed by atoms with E-state index in [4.69, 9.17) is 4.74 Å². The molecule has 1 N–H and O–H groups in total. The maximum atomic E-state index is 12.2. The van der Waals surface area contributed by atoms with Crippen LogP contribution in [0, 0.1) is 6.92 Å². The Labute approximate surface area is 152 Å². The summed E-state index contributed by atoms with van der Waals surface area (Å²) in [6.45, 7) is 2.56. The smallest absolute Gasteiger partial charge is 0.251 e. The van der Waals surface area contributed by atoms with Crippen LogP contribution in [0.3, 0.4) is 0 Å². The number of aromatic nitrogens is 1. The van der Waals surface area contributed by atoms with Gasteiger partial charge >= 0.3 is 0 Å². The van der Waals surface area contributed by atoms with Gasteiger partial charge < -0.3 is 10.1 Å². The van der Waals surface area contributed by atoms with Gasteiger partial charge in [-0.1, -0.05) is 30.3 Å². The van der Waals surface area contributed by atoms with Crippen molar-refractivity contribution in [3.05, 3.63) is 83.6 Å². The zero-order chi connectivity index (χ0) is 17.9. The second-order valence-electron chi connectivity index (χ2n) is 6.54. The number of benzene rings is 2. The van der Waals surface area contributed by atoms with Crippen molar-refractivity contribution in [2.45, 2.75) is 19.4 Å². The fourth-order valence-corrected chi connectivity index (χ4v) is 3.32. The highest BCUT2D eigenvalue weighted by atomic mass is 16.5. The molecule has 3 aromatic rings. The van der Waals surface area contributed by atoms with Gasteiger partial charge in [-0.05, 0) is 48.4 Å². The van der Waals surface area contributed by atoms with E-state index in [1.165, 1.54) is 11.1 Å². The zero-order valence-electron chi connectivity index (χ0n) is 14.6. The summed E-state index contributed by atoms with van der Waals surface area (Å²) < 4.78 is 6.18. The number of aryl methyl sites for hydroxylation is 1. The van der Waals surface area contributed by atoms with E-state index in [1.54, 1.807) is 6.20 Å². The molecular formula is C22H20N2O2. The summed E-state index contributed by atoms with van der Waals surface area (Å²) in [6.07, 6.45) is 2.50. The Morgan fingerprint density at radius 2 is 1.96 bits per heavy atom. The lowest BCUT2D eigenvalue weighted by atomic mass is 10.0. The van der Waals surface area contributed by atoms with Crippen molar-refractivity contribution in [3.8, 4) is 17.0 Å². The standard InChI is InChI=1S/C22H20N2O2/c1-15-11-17-13-18(14-24-22(25)16-7-3-2-4-8-16)26-21(17)19(12-15)20-9-5-6-10-23-20/h2-12,18H,13-14H2,1H3,(H,24,25). The molecule has 1 aliphatic rings. The van der Waals surface area contributed by atoms with Crippen LogP contribution in [0.5, 0.6) is 5.75 Å². The van der Waals surface area contributed by atoms with Crippen molar-refractivity contribution in [1.29, 1.82) is 0 Å². The molecule has 0 saturated heterocycles. The van der Waals surface area contributed by atoms with Crippen molar-refractivity contribution in [1.82, 2.24) is 10.3 Å². The van der Waals surface area contributed by atoms with Gasteiger partial charge in [0.2, 0.25) is 0 Å². The highest BCUT2D eigenvalue weighted by molar-refractivity contribution is 5.94. The first-order valence-corrected chi connectivity index (χ1v) is 8.75. The van der Waals surface area contributed by atoms with E-state index >= 15 is 0 Å². The van der Waals surface area contributed by atoms with Gasteiger partial charge in [0.25, 0.3) is 5.91 Å². The van der Waals surface area contributed by atoms with Crippen molar-refractivity contribution in [2.24, 2.45) is 0 Å². The number of carbonyl (C=O) groups excluding carboxylic acids is 1. The molecule has 1 unspecified atom stereocenters. The molecule has 4 nitrogen and oxygen atoms in total. The minimum Gasteiger partial charge on any atom is -0.487 e. The first-order chi connectivity index (χ1) is 12.7. The molecule has 0 saturated carbocycles. The Morgan fingerprint density at radius 3 is 2.73 bits per heavy atom. The second kappa shape index (κ2) is 7.00. The van der Waals surface area contributed by atoms with Crippen molar-refractivity contribution in [3.63, 3.8) is 0 Å². The molecule has 2 aromatic carbocycles. The lowest BCUT2D eigenvalue weighted by molar-refractivity contribution is 0.0933. The van der Waals surface area contributed by atoms with Crippen LogP contribution in [0.4, 0.5) is 0 Å². The fourth-order valence-electron chi connectivity index (χ4n) is 3.32. The van der Waals surface area contributed by atoms with Crippen molar-refractivity contribution < 1.29 is 9.53 Å². The highest BCUT2D eigenvalue weighted by Gasteiger charge is 2.27. The first-order valence-electron chi connectivity index (χ1n) is 8.75. The predicted molar refractivity (Wildman–Crippen MR) is 101 cm³/mol. The van der Waals surface area contributed by atoms with Crippen LogP contribution in [-0.4, -0.2) is 23.5 Å². The van der Waals surface area contributed by atoms with E-state index in [0.29, 0.717) is 12.1 Å². The lowest BCUT2D eigenvalue weighted by Crippen LogP contribution is -2.34. The molecule has 0 bridgehead atoms. The van der Waals surface area contributed by atoms with Gasteiger partial charge in [-0.3, -0.25) is 9.78 Å². The fraction of sp³-hybridized carbons (Fsp3) is 0.182. The molecule has 0 aliphatic carbocycles. The number of rotatable bonds is 4. The van der Waals surface area contributed by atoms with Crippen LogP contribution >= 0.6 is 0 Å². The van der Waals surface area contributed by atoms with Gasteiger partial charge in [-0.2, -0.15) is 0 Å². The molecule has 1 aromatic heterocycles. The van der Waals surface area contributed by atoms with Crippen molar-refractivity contribution in [2.75, 3.05) is 6.54 Å². The number of ether oxygens (including phenoxy) is 1. The van der Waals surface area contributed by atoms with Crippen LogP contribution in [0.15, 0.2) is 66.9 Å². The molecule has 2 heterocycles. The van der Waals surface area contributed by atoms with E-state index in [0.717, 1.165) is 23.4 Å². The molecule has 1 aliphatic heterocycles. The Hall–Kier alpha value is -3.14. The van der Waals surface area contributed by atoms with Crippen LogP contribution in [0.25, 0.3) is 11.3 Å². The van der Waals surface area contributed by atoms with E-state index in [1.807, 2.05) is 48.5 Å². The summed E-state index contributed by atoms with van der Waals surface area (Å²) in [6, 6.07) is 19.4. The van der Waals surface area contributed by atoms with E-state index in [2.05, 4.69) is 29.4 Å². The third-order valence-corrected chi connectivity index (χ3v) is 4.51. The van der Waals surface area contributed by atoms with Gasteiger partial charge in [-0.25, -0.2) is 0 Å². The van der Waals surface area contributed by atoms with E-state index in [-0.39, 0.29) is 12.0 Å². The molecular weight excluding hydrogens is 324 g/mol. The maximum Gasteiger partial charge on any atom is 0.251 e. The second-order valence-corrected chi connectivity index (χ2v) is 6.54. The Balaban J connectivity index is 1.50. The number of fused-ring (bicyclic) bond motifs is 1. The van der Waals surface area contributed by atoms with Gasteiger partial charge in [0, 0.05) is 23.7 Å². The van der Waals surface area contributed by atoms with Gasteiger partial charge in [0.15, 0.2) is 0 Å². The average Bonchev–Trinajstić information content (AvgIpc) is 3.09. The van der Waals surface area contributed by atoms with E-state index in [9.17, 15) is 4.79 Å². The Morgan fingerprint density at radius 1 is 1.15 bits per heavy atom. The van der Waals surface area contributed by atoms with Gasteiger partial charge in [0.1, 0.15) is 11.9 Å². The van der Waals surface area contributed by atoms with Crippen LogP contribution in [-0.2, 0) is 6.42 Å². The number of nitrogens with one attached hydrogen (secondary N) is 1. The number of pyridine rings is 1. The molecule has 26 heavy (non-hydrogen) atoms. The largest absolute Gasteiger partial charge is 0.487 e. The number of hydrogen-bond acceptors (Lipinski definition) is 3. The summed E-state index contributed by atoms with van der Waals surface area (Å²) in [7, 11) is 0. The van der Waals surface area contributed by atoms with Crippen LogP contribution < -0.4 is 10.1 Å². The molecule has 130 valence electrons. The summed E-state index contributed by atoms with van der Waals surface area (Å²) in [4.78, 5) is 16.7. The van der Waals surface area contributed by atoms with Crippen LogP contribution in [0.1, 0.15) is 21.5 Å². The first kappa shape index (κ1) is 16.3. The summed E-state index contributed by atoms with van der Waals surface area (Å²) >= 11 is 0. The normalized spacial score (nSPS) is 15.2. The molecule has 1 amide bonds. The molecule has 0 fully saturated rings. The predicted octanol–water partition coefficient (Wildman–Crippen LogP) is 3.79. The maximum absolute atomic E-state index is 12.2. The quantitative estimate of drug-likeness (QED) is 0.783. The average molecular weight is 344 g/mol. The molecule has 0 spiro atoms. The minimum atomic E-state index is -0.0775. The monoisotopic (exact) mass is 344 g/mol. The van der Waals surface area contributed by atoms with E-state index < -0.39 is 0 Å². The molecule has 1 atom stereocenters. The number of nitrogens with zero attached hydrogens (tertiary/aromatic N) is 1. The highest BCUT2D eigenvalue weighted by Crippen LogP contribution is 2.39. The molecule has 4 heteroatoms. The molecule has 0 radical (unpaired) electrons. The third kappa shape index (κ3) is 3.31. The van der Waals surface area contributed by atoms with Gasteiger partial charge in [-0.15, -0.1) is 0 Å². The zero-order valence-corrected chi connectivity index (χ0v) is 14.6. The van der Waals surface area contributed by atoms with Gasteiger partial charge in [0.05, 0.1) is 12.2 Å². The molecule has 4 rings (SSSR count). The Bertz CT molecular complexity index is 924. The Kier molecular flexibility index (Phi) is 4.40. The lowest BCUT2D eigenvalue weighted by Gasteiger charge is -2.13. The number of amides is 1.